The zero-order valence-electron chi connectivity index (χ0n) is 15.8. The van der Waals surface area contributed by atoms with Gasteiger partial charge in [0.1, 0.15) is 0 Å². The lowest BCUT2D eigenvalue weighted by Gasteiger charge is -2.15. The van der Waals surface area contributed by atoms with E-state index in [2.05, 4.69) is 20.9 Å². The van der Waals surface area contributed by atoms with Crippen molar-refractivity contribution in [1.29, 1.82) is 0 Å². The van der Waals surface area contributed by atoms with Gasteiger partial charge in [0, 0.05) is 16.1 Å². The van der Waals surface area contributed by atoms with E-state index in [4.69, 9.17) is 0 Å². The Labute approximate surface area is 190 Å². The third-order valence-electron chi connectivity index (χ3n) is 4.37. The van der Waals surface area contributed by atoms with Crippen LogP contribution in [0.1, 0.15) is 5.56 Å². The highest BCUT2D eigenvalue weighted by Crippen LogP contribution is 2.40. The zero-order chi connectivity index (χ0) is 22.0. The molecule has 9 heteroatoms. The number of nitrogens with zero attached hydrogens (tertiary/aromatic N) is 3. The van der Waals surface area contributed by atoms with Gasteiger partial charge in [0.05, 0.1) is 21.2 Å². The minimum atomic E-state index is -0.676. The lowest BCUT2D eigenvalue weighted by Crippen LogP contribution is -2.28. The highest BCUT2D eigenvalue weighted by molar-refractivity contribution is 9.10. The standard InChI is InChI=1S/C22H14BrN3O4S/c23-15-11-14(20(27)18(13-15)26(29)30)12-19-21(28)25(17-9-5-2-6-10-17)22(31-19)24-16-7-3-1-4-8-16/h1-13,27H. The van der Waals surface area contributed by atoms with E-state index in [0.29, 0.717) is 21.0 Å². The van der Waals surface area contributed by atoms with Gasteiger partial charge in [-0.05, 0) is 48.2 Å². The summed E-state index contributed by atoms with van der Waals surface area (Å²) < 4.78 is 0.414. The van der Waals surface area contributed by atoms with Crippen LogP contribution in [0, 0.1) is 10.1 Å². The second-order valence-corrected chi connectivity index (χ2v) is 8.36. The van der Waals surface area contributed by atoms with Crippen LogP contribution in [0.3, 0.4) is 0 Å². The molecule has 1 N–H and O–H groups in total. The number of nitro groups is 1. The van der Waals surface area contributed by atoms with Crippen LogP contribution in [0.25, 0.3) is 6.08 Å². The maximum atomic E-state index is 13.3. The molecule has 0 saturated carbocycles. The Morgan fingerprint density at radius 2 is 1.71 bits per heavy atom. The molecule has 1 aliphatic heterocycles. The molecule has 7 nitrogen and oxygen atoms in total. The van der Waals surface area contributed by atoms with Crippen molar-refractivity contribution in [2.24, 2.45) is 4.99 Å². The number of aliphatic imine (C=N–C) groups is 1. The van der Waals surface area contributed by atoms with Crippen molar-refractivity contribution in [2.75, 3.05) is 4.90 Å². The fourth-order valence-corrected chi connectivity index (χ4v) is 4.42. The maximum absolute atomic E-state index is 13.3. The highest BCUT2D eigenvalue weighted by atomic mass is 79.9. The number of amides is 1. The number of amidine groups is 1. The molecule has 4 rings (SSSR count). The molecule has 0 bridgehead atoms. The van der Waals surface area contributed by atoms with E-state index in [1.54, 1.807) is 12.1 Å². The number of carbonyl (C=O) groups is 1. The van der Waals surface area contributed by atoms with Gasteiger partial charge >= 0.3 is 5.69 Å². The van der Waals surface area contributed by atoms with Gasteiger partial charge in [-0.3, -0.25) is 19.8 Å². The number of hydrogen-bond donors (Lipinski definition) is 1. The topological polar surface area (TPSA) is 96.0 Å². The molecular formula is C22H14BrN3O4S. The van der Waals surface area contributed by atoms with Crippen molar-refractivity contribution >= 4 is 61.9 Å². The number of nitro benzene ring substituents is 1. The van der Waals surface area contributed by atoms with Gasteiger partial charge in [-0.2, -0.15) is 0 Å². The molecule has 1 aliphatic rings. The molecule has 3 aromatic carbocycles. The summed E-state index contributed by atoms with van der Waals surface area (Å²) in [5, 5.41) is 22.0. The first-order valence-corrected chi connectivity index (χ1v) is 10.6. The van der Waals surface area contributed by atoms with Gasteiger partial charge in [0.25, 0.3) is 5.91 Å². The Balaban J connectivity index is 1.81. The van der Waals surface area contributed by atoms with E-state index in [1.165, 1.54) is 23.1 Å². The van der Waals surface area contributed by atoms with Gasteiger partial charge in [-0.15, -0.1) is 0 Å². The minimum Gasteiger partial charge on any atom is -0.502 e. The van der Waals surface area contributed by atoms with E-state index < -0.39 is 16.4 Å². The number of hydrogen-bond acceptors (Lipinski definition) is 6. The first kappa shape index (κ1) is 20.8. The van der Waals surface area contributed by atoms with Crippen molar-refractivity contribution < 1.29 is 14.8 Å². The summed E-state index contributed by atoms with van der Waals surface area (Å²) in [6.07, 6.45) is 1.43. The maximum Gasteiger partial charge on any atom is 0.312 e. The van der Waals surface area contributed by atoms with E-state index in [-0.39, 0.29) is 16.4 Å². The quantitative estimate of drug-likeness (QED) is 0.277. The summed E-state index contributed by atoms with van der Waals surface area (Å²) in [5.74, 6) is -0.846. The molecule has 3 aromatic rings. The summed E-state index contributed by atoms with van der Waals surface area (Å²) in [4.78, 5) is 30.2. The van der Waals surface area contributed by atoms with Crippen LogP contribution >= 0.6 is 27.7 Å². The Bertz CT molecular complexity index is 1230. The van der Waals surface area contributed by atoms with Gasteiger partial charge in [0.2, 0.25) is 5.75 Å². The number of phenols is 1. The van der Waals surface area contributed by atoms with Crippen LogP contribution < -0.4 is 4.90 Å². The Kier molecular flexibility index (Phi) is 5.88. The van der Waals surface area contributed by atoms with Crippen LogP contribution in [0.5, 0.6) is 5.75 Å². The smallest absolute Gasteiger partial charge is 0.312 e. The molecule has 0 spiro atoms. The van der Waals surface area contributed by atoms with Crippen molar-refractivity contribution in [3.05, 3.63) is 97.9 Å². The van der Waals surface area contributed by atoms with Crippen LogP contribution in [0.15, 0.2) is 87.2 Å². The van der Waals surface area contributed by atoms with E-state index in [0.717, 1.165) is 11.8 Å². The minimum absolute atomic E-state index is 0.158. The normalized spacial score (nSPS) is 16.3. The monoisotopic (exact) mass is 495 g/mol. The Morgan fingerprint density at radius 3 is 2.35 bits per heavy atom. The molecule has 154 valence electrons. The molecule has 0 unspecified atom stereocenters. The largest absolute Gasteiger partial charge is 0.502 e. The van der Waals surface area contributed by atoms with Gasteiger partial charge in [0.15, 0.2) is 5.17 Å². The summed E-state index contributed by atoms with van der Waals surface area (Å²) in [6, 6.07) is 21.0. The number of anilines is 1. The average molecular weight is 496 g/mol. The average Bonchev–Trinajstić information content (AvgIpc) is 3.06. The molecule has 0 atom stereocenters. The summed E-state index contributed by atoms with van der Waals surface area (Å²) in [6.45, 7) is 0. The molecule has 0 aliphatic carbocycles. The molecular weight excluding hydrogens is 482 g/mol. The number of para-hydroxylation sites is 2. The third-order valence-corrected chi connectivity index (χ3v) is 5.80. The van der Waals surface area contributed by atoms with E-state index in [9.17, 15) is 20.0 Å². The lowest BCUT2D eigenvalue weighted by molar-refractivity contribution is -0.385. The van der Waals surface area contributed by atoms with E-state index >= 15 is 0 Å². The first-order chi connectivity index (χ1) is 14.9. The fourth-order valence-electron chi connectivity index (χ4n) is 2.96. The van der Waals surface area contributed by atoms with Crippen molar-refractivity contribution in [2.45, 2.75) is 0 Å². The SMILES string of the molecule is O=C1C(=Cc2cc(Br)cc([N+](=O)[O-])c2O)SC(=Nc2ccccc2)N1c1ccccc1. The lowest BCUT2D eigenvalue weighted by atomic mass is 10.1. The Hall–Kier alpha value is -3.43. The summed E-state index contributed by atoms with van der Waals surface area (Å²) in [5.41, 5.74) is 1.03. The Morgan fingerprint density at radius 1 is 1.06 bits per heavy atom. The van der Waals surface area contributed by atoms with Crippen LogP contribution in [0.4, 0.5) is 17.1 Å². The first-order valence-electron chi connectivity index (χ1n) is 9.04. The number of rotatable bonds is 4. The summed E-state index contributed by atoms with van der Waals surface area (Å²) >= 11 is 4.35. The van der Waals surface area contributed by atoms with Crippen LogP contribution in [0.2, 0.25) is 0 Å². The van der Waals surface area contributed by atoms with Crippen molar-refractivity contribution in [3.63, 3.8) is 0 Å². The molecule has 1 amide bonds. The second-order valence-electron chi connectivity index (χ2n) is 6.44. The predicted molar refractivity (Wildman–Crippen MR) is 125 cm³/mol. The second kappa shape index (κ2) is 8.75. The number of carbonyl (C=O) groups excluding carboxylic acids is 1. The highest BCUT2D eigenvalue weighted by Gasteiger charge is 2.35. The van der Waals surface area contributed by atoms with E-state index in [1.807, 2.05) is 48.5 Å². The van der Waals surface area contributed by atoms with Crippen molar-refractivity contribution in [1.82, 2.24) is 0 Å². The molecule has 0 radical (unpaired) electrons. The predicted octanol–water partition coefficient (Wildman–Crippen LogP) is 5.87. The number of halogens is 1. The third kappa shape index (κ3) is 4.37. The molecule has 1 heterocycles. The molecule has 1 saturated heterocycles. The fraction of sp³-hybridized carbons (Fsp3) is 0. The molecule has 0 aromatic heterocycles. The number of phenolic OH excluding ortho intramolecular Hbond substituents is 1. The molecule has 31 heavy (non-hydrogen) atoms. The van der Waals surface area contributed by atoms with Crippen molar-refractivity contribution in [3.8, 4) is 5.75 Å². The van der Waals surface area contributed by atoms with Gasteiger partial charge in [-0.1, -0.05) is 52.3 Å². The van der Waals surface area contributed by atoms with Crippen LogP contribution in [-0.2, 0) is 4.79 Å². The van der Waals surface area contributed by atoms with Crippen LogP contribution in [-0.4, -0.2) is 21.1 Å². The van der Waals surface area contributed by atoms with Gasteiger partial charge < -0.3 is 5.11 Å². The zero-order valence-corrected chi connectivity index (χ0v) is 18.2. The number of aromatic hydroxyl groups is 1. The van der Waals surface area contributed by atoms with Gasteiger partial charge in [-0.25, -0.2) is 4.99 Å². The summed E-state index contributed by atoms with van der Waals surface area (Å²) in [7, 11) is 0. The number of thioether (sulfide) groups is 1. The molecule has 1 fully saturated rings. The number of benzene rings is 3.